The van der Waals surface area contributed by atoms with Crippen LogP contribution in [0.3, 0.4) is 0 Å². The molecule has 1 fully saturated rings. The Kier molecular flexibility index (Phi) is 3.57. The van der Waals surface area contributed by atoms with Gasteiger partial charge in [0, 0.05) is 12.5 Å². The molecule has 0 saturated heterocycles. The summed E-state index contributed by atoms with van der Waals surface area (Å²) in [7, 11) is 0. The van der Waals surface area contributed by atoms with Crippen LogP contribution in [-0.4, -0.2) is 12.4 Å². The van der Waals surface area contributed by atoms with Crippen molar-refractivity contribution in [2.45, 2.75) is 47.0 Å². The van der Waals surface area contributed by atoms with Gasteiger partial charge in [0.1, 0.15) is 0 Å². The standard InChI is InChI=1S/C12H24N2/c1-9(2)11(13)14-8-10-6-5-7-12(10,3)4/h9-10H,5-8H2,1-4H3,(H2,13,14). The lowest BCUT2D eigenvalue weighted by Gasteiger charge is -2.25. The van der Waals surface area contributed by atoms with Gasteiger partial charge in [-0.3, -0.25) is 4.99 Å². The van der Waals surface area contributed by atoms with Gasteiger partial charge in [0.15, 0.2) is 0 Å². The number of nitrogens with zero attached hydrogens (tertiary/aromatic N) is 1. The van der Waals surface area contributed by atoms with E-state index < -0.39 is 0 Å². The molecule has 0 amide bonds. The van der Waals surface area contributed by atoms with Crippen molar-refractivity contribution in [3.8, 4) is 0 Å². The van der Waals surface area contributed by atoms with Crippen LogP contribution in [0.25, 0.3) is 0 Å². The molecule has 2 N–H and O–H groups in total. The highest BCUT2D eigenvalue weighted by atomic mass is 14.9. The molecule has 14 heavy (non-hydrogen) atoms. The van der Waals surface area contributed by atoms with Crippen LogP contribution in [0.5, 0.6) is 0 Å². The molecule has 2 nitrogen and oxygen atoms in total. The van der Waals surface area contributed by atoms with Crippen LogP contribution in [-0.2, 0) is 0 Å². The summed E-state index contributed by atoms with van der Waals surface area (Å²) in [6, 6.07) is 0. The lowest BCUT2D eigenvalue weighted by molar-refractivity contribution is 0.267. The molecule has 0 aromatic heterocycles. The zero-order chi connectivity index (χ0) is 10.8. The Labute approximate surface area is 88.0 Å². The Morgan fingerprint density at radius 2 is 2.14 bits per heavy atom. The first-order chi connectivity index (χ1) is 6.43. The monoisotopic (exact) mass is 196 g/mol. The maximum absolute atomic E-state index is 5.83. The maximum Gasteiger partial charge on any atom is 0.0962 e. The van der Waals surface area contributed by atoms with Crippen molar-refractivity contribution in [3.05, 3.63) is 0 Å². The van der Waals surface area contributed by atoms with Crippen LogP contribution in [0.1, 0.15) is 47.0 Å². The molecule has 0 aromatic rings. The van der Waals surface area contributed by atoms with Crippen molar-refractivity contribution < 1.29 is 0 Å². The molecule has 0 heterocycles. The number of hydrogen-bond acceptors (Lipinski definition) is 1. The Morgan fingerprint density at radius 3 is 2.57 bits per heavy atom. The summed E-state index contributed by atoms with van der Waals surface area (Å²) in [5, 5.41) is 0. The Bertz CT molecular complexity index is 216. The molecule has 0 spiro atoms. The Balaban J connectivity index is 2.49. The van der Waals surface area contributed by atoms with Crippen molar-refractivity contribution in [2.24, 2.45) is 28.0 Å². The molecule has 82 valence electrons. The van der Waals surface area contributed by atoms with E-state index in [2.05, 4.69) is 32.7 Å². The van der Waals surface area contributed by atoms with Gasteiger partial charge in [-0.15, -0.1) is 0 Å². The predicted molar refractivity (Wildman–Crippen MR) is 62.4 cm³/mol. The summed E-state index contributed by atoms with van der Waals surface area (Å²) in [4.78, 5) is 4.50. The number of hydrogen-bond donors (Lipinski definition) is 1. The zero-order valence-corrected chi connectivity index (χ0v) is 10.0. The van der Waals surface area contributed by atoms with Gasteiger partial charge in [0.05, 0.1) is 5.84 Å². The van der Waals surface area contributed by atoms with E-state index >= 15 is 0 Å². The molecule has 0 radical (unpaired) electrons. The minimum Gasteiger partial charge on any atom is -0.387 e. The molecule has 1 aliphatic rings. The van der Waals surface area contributed by atoms with Crippen LogP contribution >= 0.6 is 0 Å². The molecule has 0 bridgehead atoms. The summed E-state index contributed by atoms with van der Waals surface area (Å²) in [5.74, 6) is 1.94. The van der Waals surface area contributed by atoms with Crippen molar-refractivity contribution in [3.63, 3.8) is 0 Å². The third-order valence-electron chi connectivity index (χ3n) is 3.56. The van der Waals surface area contributed by atoms with Gasteiger partial charge < -0.3 is 5.73 Å². The molecule has 0 aliphatic heterocycles. The van der Waals surface area contributed by atoms with Gasteiger partial charge in [0.25, 0.3) is 0 Å². The fourth-order valence-corrected chi connectivity index (χ4v) is 2.14. The Hall–Kier alpha value is -0.530. The van der Waals surface area contributed by atoms with Gasteiger partial charge in [-0.1, -0.05) is 34.1 Å². The second-order valence-electron chi connectivity index (χ2n) is 5.50. The normalized spacial score (nSPS) is 27.2. The second kappa shape index (κ2) is 4.33. The van der Waals surface area contributed by atoms with Crippen molar-refractivity contribution in [1.82, 2.24) is 0 Å². The third-order valence-corrected chi connectivity index (χ3v) is 3.56. The fourth-order valence-electron chi connectivity index (χ4n) is 2.14. The topological polar surface area (TPSA) is 38.4 Å². The summed E-state index contributed by atoms with van der Waals surface area (Å²) in [6.45, 7) is 9.83. The van der Waals surface area contributed by atoms with Crippen molar-refractivity contribution in [1.29, 1.82) is 0 Å². The van der Waals surface area contributed by atoms with E-state index in [9.17, 15) is 0 Å². The van der Waals surface area contributed by atoms with Crippen LogP contribution < -0.4 is 5.73 Å². The van der Waals surface area contributed by atoms with Crippen LogP contribution in [0.15, 0.2) is 4.99 Å². The summed E-state index contributed by atoms with van der Waals surface area (Å²) in [6.07, 6.45) is 4.02. The molecular weight excluding hydrogens is 172 g/mol. The van der Waals surface area contributed by atoms with E-state index in [1.54, 1.807) is 0 Å². The van der Waals surface area contributed by atoms with E-state index in [4.69, 9.17) is 5.73 Å². The van der Waals surface area contributed by atoms with E-state index in [0.717, 1.165) is 18.3 Å². The molecule has 2 heteroatoms. The summed E-state index contributed by atoms with van der Waals surface area (Å²) < 4.78 is 0. The molecule has 0 aromatic carbocycles. The van der Waals surface area contributed by atoms with Crippen LogP contribution in [0, 0.1) is 17.3 Å². The van der Waals surface area contributed by atoms with Gasteiger partial charge in [-0.25, -0.2) is 0 Å². The molecule has 1 saturated carbocycles. The van der Waals surface area contributed by atoms with Crippen molar-refractivity contribution in [2.75, 3.05) is 6.54 Å². The fraction of sp³-hybridized carbons (Fsp3) is 0.917. The summed E-state index contributed by atoms with van der Waals surface area (Å²) in [5.41, 5.74) is 6.31. The average Bonchev–Trinajstić information content (AvgIpc) is 2.40. The van der Waals surface area contributed by atoms with Crippen molar-refractivity contribution >= 4 is 5.84 Å². The highest BCUT2D eigenvalue weighted by Crippen LogP contribution is 2.42. The first-order valence-corrected chi connectivity index (χ1v) is 5.73. The molecule has 1 atom stereocenters. The van der Waals surface area contributed by atoms with Gasteiger partial charge >= 0.3 is 0 Å². The van der Waals surface area contributed by atoms with E-state index in [0.29, 0.717) is 11.3 Å². The minimum absolute atomic E-state index is 0.388. The van der Waals surface area contributed by atoms with E-state index in [1.807, 2.05) is 0 Å². The van der Waals surface area contributed by atoms with Crippen LogP contribution in [0.2, 0.25) is 0 Å². The maximum atomic E-state index is 5.83. The first kappa shape index (κ1) is 11.5. The highest BCUT2D eigenvalue weighted by molar-refractivity contribution is 5.82. The van der Waals surface area contributed by atoms with Gasteiger partial charge in [-0.05, 0) is 24.2 Å². The quantitative estimate of drug-likeness (QED) is 0.547. The molecular formula is C12H24N2. The number of rotatable bonds is 3. The molecule has 1 aliphatic carbocycles. The first-order valence-electron chi connectivity index (χ1n) is 5.73. The third kappa shape index (κ3) is 2.73. The molecule has 1 unspecified atom stereocenters. The number of aliphatic imine (C=N–C) groups is 1. The lowest BCUT2D eigenvalue weighted by atomic mass is 9.82. The summed E-state index contributed by atoms with van der Waals surface area (Å²) >= 11 is 0. The minimum atomic E-state index is 0.388. The zero-order valence-electron chi connectivity index (χ0n) is 10.0. The largest absolute Gasteiger partial charge is 0.387 e. The van der Waals surface area contributed by atoms with Crippen LogP contribution in [0.4, 0.5) is 0 Å². The van der Waals surface area contributed by atoms with Gasteiger partial charge in [0.2, 0.25) is 0 Å². The number of nitrogens with two attached hydrogens (primary N) is 1. The lowest BCUT2D eigenvalue weighted by Crippen LogP contribution is -2.24. The van der Waals surface area contributed by atoms with E-state index in [-0.39, 0.29) is 0 Å². The Morgan fingerprint density at radius 1 is 1.50 bits per heavy atom. The number of amidine groups is 1. The smallest absolute Gasteiger partial charge is 0.0962 e. The average molecular weight is 196 g/mol. The predicted octanol–water partition coefficient (Wildman–Crippen LogP) is 2.83. The molecule has 1 rings (SSSR count). The SMILES string of the molecule is CC(C)C(N)=NCC1CCCC1(C)C. The highest BCUT2D eigenvalue weighted by Gasteiger charge is 2.33. The second-order valence-corrected chi connectivity index (χ2v) is 5.50. The van der Waals surface area contributed by atoms with Gasteiger partial charge in [-0.2, -0.15) is 0 Å². The van der Waals surface area contributed by atoms with E-state index in [1.165, 1.54) is 19.3 Å².